The van der Waals surface area contributed by atoms with Crippen LogP contribution in [0.2, 0.25) is 0 Å². The topological polar surface area (TPSA) is 47.7 Å². The van der Waals surface area contributed by atoms with E-state index in [1.165, 1.54) is 5.56 Å². The van der Waals surface area contributed by atoms with E-state index in [-0.39, 0.29) is 0 Å². The molecule has 2 N–H and O–H groups in total. The van der Waals surface area contributed by atoms with Gasteiger partial charge in [0.15, 0.2) is 5.69 Å². The molecule has 0 radical (unpaired) electrons. The Morgan fingerprint density at radius 1 is 1.43 bits per heavy atom. The van der Waals surface area contributed by atoms with E-state index >= 15 is 0 Å². The first-order chi connectivity index (χ1) is 6.66. The molecule has 1 aromatic carbocycles. The average molecular weight is 214 g/mol. The third-order valence-electron chi connectivity index (χ3n) is 2.54. The Labute approximate surface area is 87.4 Å². The summed E-state index contributed by atoms with van der Waals surface area (Å²) in [5.74, 6) is 0.590. The first-order valence-electron chi connectivity index (χ1n) is 4.63. The molecule has 1 aromatic rings. The van der Waals surface area contributed by atoms with E-state index in [0.29, 0.717) is 17.0 Å². The van der Waals surface area contributed by atoms with Crippen LogP contribution in [0, 0.1) is 11.1 Å². The SMILES string of the molecule is [O-][NH+](O)c1ccc(C[C@@H]2C[C@@H]2Cl)cc1. The Kier molecular flexibility index (Phi) is 2.74. The van der Waals surface area contributed by atoms with Crippen LogP contribution in [0.5, 0.6) is 0 Å². The molecule has 0 spiro atoms. The van der Waals surface area contributed by atoms with Crippen LogP contribution in [0.1, 0.15) is 12.0 Å². The second-order valence-electron chi connectivity index (χ2n) is 3.72. The zero-order chi connectivity index (χ0) is 10.1. The summed E-state index contributed by atoms with van der Waals surface area (Å²) in [6, 6.07) is 7.02. The summed E-state index contributed by atoms with van der Waals surface area (Å²) < 4.78 is 0. The second kappa shape index (κ2) is 3.87. The molecule has 1 saturated carbocycles. The maximum absolute atomic E-state index is 10.6. The van der Waals surface area contributed by atoms with Gasteiger partial charge in [0.2, 0.25) is 0 Å². The Hall–Kier alpha value is -0.610. The minimum absolute atomic E-state index is 0.328. The summed E-state index contributed by atoms with van der Waals surface area (Å²) in [6.07, 6.45) is 2.05. The second-order valence-corrected chi connectivity index (χ2v) is 4.28. The molecular weight excluding hydrogens is 202 g/mol. The monoisotopic (exact) mass is 213 g/mol. The molecule has 1 unspecified atom stereocenters. The minimum Gasteiger partial charge on any atom is -0.595 e. The van der Waals surface area contributed by atoms with E-state index in [4.69, 9.17) is 16.8 Å². The van der Waals surface area contributed by atoms with Gasteiger partial charge in [0.25, 0.3) is 0 Å². The molecule has 14 heavy (non-hydrogen) atoms. The van der Waals surface area contributed by atoms with Crippen molar-refractivity contribution in [3.05, 3.63) is 35.0 Å². The smallest absolute Gasteiger partial charge is 0.163 e. The molecule has 0 heterocycles. The normalized spacial score (nSPS) is 27.4. The highest BCUT2D eigenvalue weighted by atomic mass is 35.5. The van der Waals surface area contributed by atoms with Crippen LogP contribution in [0.25, 0.3) is 0 Å². The van der Waals surface area contributed by atoms with Crippen molar-refractivity contribution in [2.45, 2.75) is 18.2 Å². The Morgan fingerprint density at radius 3 is 2.43 bits per heavy atom. The number of rotatable bonds is 3. The summed E-state index contributed by atoms with van der Waals surface area (Å²) in [5.41, 5.74) is 1.51. The zero-order valence-electron chi connectivity index (χ0n) is 7.61. The number of nitrogens with one attached hydrogen (secondary N) is 1. The number of benzene rings is 1. The molecule has 3 atom stereocenters. The van der Waals surface area contributed by atoms with Crippen LogP contribution in [0.4, 0.5) is 5.69 Å². The maximum Gasteiger partial charge on any atom is 0.163 e. The van der Waals surface area contributed by atoms with Crippen molar-refractivity contribution in [3.63, 3.8) is 0 Å². The van der Waals surface area contributed by atoms with E-state index < -0.39 is 5.23 Å². The lowest BCUT2D eigenvalue weighted by Crippen LogP contribution is -2.99. The van der Waals surface area contributed by atoms with Gasteiger partial charge in [-0.3, -0.25) is 0 Å². The molecule has 0 saturated heterocycles. The fraction of sp³-hybridized carbons (Fsp3) is 0.400. The predicted octanol–water partition coefficient (Wildman–Crippen LogP) is 1.26. The standard InChI is InChI=1S/C10H12ClNO2/c11-10-6-8(10)5-7-1-3-9(4-2-7)12(13)14/h1-4,8,10,12-13H,5-6H2/t8-,10+/m1/s1. The van der Waals surface area contributed by atoms with Crippen LogP contribution in [-0.4, -0.2) is 10.6 Å². The van der Waals surface area contributed by atoms with Crippen molar-refractivity contribution in [1.82, 2.24) is 0 Å². The summed E-state index contributed by atoms with van der Waals surface area (Å²) in [4.78, 5) is 0. The fourth-order valence-electron chi connectivity index (χ4n) is 1.51. The van der Waals surface area contributed by atoms with Crippen molar-refractivity contribution < 1.29 is 10.4 Å². The van der Waals surface area contributed by atoms with Crippen molar-refractivity contribution >= 4 is 17.3 Å². The first-order valence-corrected chi connectivity index (χ1v) is 5.07. The molecule has 1 aliphatic rings. The third kappa shape index (κ3) is 2.25. The van der Waals surface area contributed by atoms with Gasteiger partial charge in [-0.25, -0.2) is 5.21 Å². The van der Waals surface area contributed by atoms with E-state index in [2.05, 4.69) is 0 Å². The molecule has 1 fully saturated rings. The highest BCUT2D eigenvalue weighted by Gasteiger charge is 2.34. The van der Waals surface area contributed by atoms with Gasteiger partial charge in [0.1, 0.15) is 0 Å². The lowest BCUT2D eigenvalue weighted by Gasteiger charge is -2.11. The van der Waals surface area contributed by atoms with Crippen molar-refractivity contribution in [2.75, 3.05) is 0 Å². The van der Waals surface area contributed by atoms with Crippen molar-refractivity contribution in [2.24, 2.45) is 5.92 Å². The van der Waals surface area contributed by atoms with Gasteiger partial charge in [0, 0.05) is 17.5 Å². The fourth-order valence-corrected chi connectivity index (χ4v) is 1.83. The van der Waals surface area contributed by atoms with Crippen LogP contribution >= 0.6 is 11.6 Å². The Morgan fingerprint density at radius 2 is 2.00 bits per heavy atom. The quantitative estimate of drug-likeness (QED) is 0.587. The Balaban J connectivity index is 1.99. The Bertz CT molecular complexity index is 312. The molecule has 2 rings (SSSR count). The molecular formula is C10H12ClNO2. The highest BCUT2D eigenvalue weighted by Crippen LogP contribution is 2.38. The number of halogens is 1. The van der Waals surface area contributed by atoms with Crippen molar-refractivity contribution in [3.8, 4) is 0 Å². The van der Waals surface area contributed by atoms with Crippen molar-refractivity contribution in [1.29, 1.82) is 0 Å². The van der Waals surface area contributed by atoms with Gasteiger partial charge < -0.3 is 5.21 Å². The first kappa shape index (κ1) is 9.93. The zero-order valence-corrected chi connectivity index (χ0v) is 8.37. The summed E-state index contributed by atoms with van der Waals surface area (Å²) in [7, 11) is 0. The molecule has 1 aliphatic carbocycles. The summed E-state index contributed by atoms with van der Waals surface area (Å²) in [6.45, 7) is 0. The van der Waals surface area contributed by atoms with Crippen LogP contribution in [0.3, 0.4) is 0 Å². The summed E-state index contributed by atoms with van der Waals surface area (Å²) in [5, 5.41) is 18.7. The lowest BCUT2D eigenvalue weighted by atomic mass is 10.1. The number of alkyl halides is 1. The molecule has 4 heteroatoms. The van der Waals surface area contributed by atoms with Crippen LogP contribution in [-0.2, 0) is 6.42 Å². The van der Waals surface area contributed by atoms with E-state index in [1.54, 1.807) is 12.1 Å². The molecule has 0 bridgehead atoms. The molecule has 0 aliphatic heterocycles. The van der Waals surface area contributed by atoms with Crippen LogP contribution in [0.15, 0.2) is 24.3 Å². The van der Waals surface area contributed by atoms with Gasteiger partial charge in [-0.15, -0.1) is 11.6 Å². The minimum atomic E-state index is -0.877. The van der Waals surface area contributed by atoms with Gasteiger partial charge >= 0.3 is 0 Å². The van der Waals surface area contributed by atoms with E-state index in [1.807, 2.05) is 12.1 Å². The average Bonchev–Trinajstić information content (AvgIpc) is 2.82. The largest absolute Gasteiger partial charge is 0.595 e. The maximum atomic E-state index is 10.6. The van der Waals surface area contributed by atoms with Gasteiger partial charge in [-0.1, -0.05) is 12.1 Å². The predicted molar refractivity (Wildman–Crippen MR) is 53.7 cm³/mol. The number of hydrogen-bond donors (Lipinski definition) is 2. The molecule has 76 valence electrons. The van der Waals surface area contributed by atoms with Gasteiger partial charge in [-0.05, 0) is 24.3 Å². The lowest BCUT2D eigenvalue weighted by molar-refractivity contribution is -0.991. The number of quaternary nitrogens is 1. The van der Waals surface area contributed by atoms with Crippen LogP contribution < -0.4 is 5.23 Å². The van der Waals surface area contributed by atoms with E-state index in [0.717, 1.165) is 12.8 Å². The third-order valence-corrected chi connectivity index (χ3v) is 3.07. The molecule has 3 nitrogen and oxygen atoms in total. The number of hydrogen-bond acceptors (Lipinski definition) is 2. The highest BCUT2D eigenvalue weighted by molar-refractivity contribution is 6.22. The van der Waals surface area contributed by atoms with E-state index in [9.17, 15) is 5.21 Å². The van der Waals surface area contributed by atoms with Gasteiger partial charge in [0.05, 0.1) is 0 Å². The summed E-state index contributed by atoms with van der Waals surface area (Å²) >= 11 is 5.89. The molecule has 0 amide bonds. The molecule has 0 aromatic heterocycles. The van der Waals surface area contributed by atoms with Gasteiger partial charge in [-0.2, -0.15) is 5.23 Å².